The fraction of sp³-hybridized carbons (Fsp3) is 0.257. The number of hydrogen-bond acceptors (Lipinski definition) is 4. The summed E-state index contributed by atoms with van der Waals surface area (Å²) in [5.41, 5.74) is 1.88. The van der Waals surface area contributed by atoms with Gasteiger partial charge in [-0.2, -0.15) is 0 Å². The van der Waals surface area contributed by atoms with Crippen molar-refractivity contribution < 1.29 is 18.8 Å². The van der Waals surface area contributed by atoms with E-state index in [1.54, 1.807) is 14.2 Å². The molecule has 3 atom stereocenters. The van der Waals surface area contributed by atoms with Crippen LogP contribution in [0.1, 0.15) is 35.6 Å². The number of hydrogen-bond donors (Lipinski definition) is 0. The molecule has 4 aromatic rings. The third-order valence-corrected chi connectivity index (χ3v) is 8.22. The third-order valence-electron chi connectivity index (χ3n) is 8.22. The summed E-state index contributed by atoms with van der Waals surface area (Å²) in [6.45, 7) is 6.22. The van der Waals surface area contributed by atoms with Gasteiger partial charge in [-0.15, -0.1) is 6.58 Å². The van der Waals surface area contributed by atoms with Crippen LogP contribution in [0.3, 0.4) is 0 Å². The van der Waals surface area contributed by atoms with Crippen molar-refractivity contribution in [1.29, 1.82) is 0 Å². The average Bonchev–Trinajstić information content (AvgIpc) is 3.47. The highest BCUT2D eigenvalue weighted by atomic mass is 16.7. The van der Waals surface area contributed by atoms with Crippen LogP contribution >= 0.6 is 0 Å². The zero-order valence-corrected chi connectivity index (χ0v) is 23.5. The molecule has 204 valence electrons. The van der Waals surface area contributed by atoms with Crippen LogP contribution in [0.25, 0.3) is 0 Å². The summed E-state index contributed by atoms with van der Waals surface area (Å²) >= 11 is 0. The Hall–Kier alpha value is -3.48. The lowest BCUT2D eigenvalue weighted by Crippen LogP contribution is -2.56. The van der Waals surface area contributed by atoms with E-state index in [0.29, 0.717) is 0 Å². The van der Waals surface area contributed by atoms with E-state index in [1.807, 2.05) is 78.9 Å². The van der Waals surface area contributed by atoms with E-state index >= 15 is 0 Å². The molecule has 0 saturated carbocycles. The summed E-state index contributed by atoms with van der Waals surface area (Å²) in [6, 6.07) is 41.0. The van der Waals surface area contributed by atoms with Crippen LogP contribution < -0.4 is 0 Å². The van der Waals surface area contributed by atoms with Crippen molar-refractivity contribution in [2.45, 2.75) is 42.6 Å². The smallest absolute Gasteiger partial charge is 0.401 e. The van der Waals surface area contributed by atoms with Gasteiger partial charge in [0.2, 0.25) is 0 Å². The maximum Gasteiger partial charge on any atom is 0.465 e. The molecule has 5 rings (SSSR count). The largest absolute Gasteiger partial charge is 0.465 e. The zero-order valence-electron chi connectivity index (χ0n) is 23.5. The fourth-order valence-electron chi connectivity index (χ4n) is 6.19. The van der Waals surface area contributed by atoms with Crippen molar-refractivity contribution in [2.75, 3.05) is 14.2 Å². The minimum Gasteiger partial charge on any atom is -0.401 e. The molecule has 1 saturated heterocycles. The number of benzene rings is 4. The molecule has 0 N–H and O–H groups in total. The van der Waals surface area contributed by atoms with Gasteiger partial charge < -0.3 is 18.8 Å². The molecule has 1 fully saturated rings. The number of methoxy groups -OCH3 is 2. The lowest BCUT2D eigenvalue weighted by molar-refractivity contribution is -0.136. The summed E-state index contributed by atoms with van der Waals surface area (Å²) < 4.78 is 27.4. The second kappa shape index (κ2) is 12.4. The van der Waals surface area contributed by atoms with Gasteiger partial charge in [-0.3, -0.25) is 0 Å². The normalized spacial score (nSPS) is 18.4. The fourth-order valence-corrected chi connectivity index (χ4v) is 6.19. The molecule has 1 heterocycles. The van der Waals surface area contributed by atoms with Crippen molar-refractivity contribution in [3.05, 3.63) is 156 Å². The first-order valence-electron chi connectivity index (χ1n) is 13.9. The summed E-state index contributed by atoms with van der Waals surface area (Å²) in [4.78, 5) is 0. The maximum atomic E-state index is 7.04. The highest BCUT2D eigenvalue weighted by Crippen LogP contribution is 2.51. The van der Waals surface area contributed by atoms with Gasteiger partial charge in [-0.05, 0) is 22.3 Å². The monoisotopic (exact) mass is 532 g/mol. The Bertz CT molecular complexity index is 1170. The summed E-state index contributed by atoms with van der Waals surface area (Å²) in [5.74, 6) is -0.0188. The predicted octanol–water partition coefficient (Wildman–Crippen LogP) is 7.41. The minimum atomic E-state index is -1.01. The van der Waals surface area contributed by atoms with Crippen LogP contribution in [0.2, 0.25) is 5.82 Å². The van der Waals surface area contributed by atoms with Crippen LogP contribution in [0.15, 0.2) is 134 Å². The van der Waals surface area contributed by atoms with Crippen LogP contribution in [0, 0.1) is 0 Å². The maximum absolute atomic E-state index is 7.04. The van der Waals surface area contributed by atoms with Gasteiger partial charge in [0.05, 0.1) is 0 Å². The van der Waals surface area contributed by atoms with Crippen molar-refractivity contribution >= 4 is 7.12 Å². The van der Waals surface area contributed by atoms with Gasteiger partial charge in [0.1, 0.15) is 23.4 Å². The van der Waals surface area contributed by atoms with Gasteiger partial charge in [0, 0.05) is 20.0 Å². The molecule has 0 aromatic heterocycles. The Kier molecular flexibility index (Phi) is 8.67. The molecule has 5 heteroatoms. The van der Waals surface area contributed by atoms with E-state index in [9.17, 15) is 0 Å². The molecule has 0 unspecified atom stereocenters. The topological polar surface area (TPSA) is 36.9 Å². The lowest BCUT2D eigenvalue weighted by Gasteiger charge is -2.47. The molecule has 40 heavy (non-hydrogen) atoms. The number of rotatable bonds is 11. The molecule has 4 nitrogen and oxygen atoms in total. The average molecular weight is 532 g/mol. The second-order valence-corrected chi connectivity index (χ2v) is 10.1. The zero-order chi connectivity index (χ0) is 28.0. The van der Waals surface area contributed by atoms with Crippen LogP contribution in [0.4, 0.5) is 0 Å². The molecule has 0 bridgehead atoms. The van der Waals surface area contributed by atoms with Gasteiger partial charge >= 0.3 is 7.12 Å². The van der Waals surface area contributed by atoms with E-state index in [4.69, 9.17) is 18.8 Å². The Morgan fingerprint density at radius 3 is 1.18 bits per heavy atom. The van der Waals surface area contributed by atoms with Crippen molar-refractivity contribution in [2.24, 2.45) is 0 Å². The van der Waals surface area contributed by atoms with E-state index in [1.165, 1.54) is 0 Å². The van der Waals surface area contributed by atoms with Crippen molar-refractivity contribution in [3.63, 3.8) is 0 Å². The summed E-state index contributed by atoms with van der Waals surface area (Å²) in [5, 5.41) is 0. The van der Waals surface area contributed by atoms with Gasteiger partial charge in [-0.1, -0.05) is 141 Å². The number of allylic oxidation sites excluding steroid dienone is 1. The quantitative estimate of drug-likeness (QED) is 0.149. The first kappa shape index (κ1) is 28.1. The molecule has 1 aliphatic rings. The Morgan fingerprint density at radius 1 is 0.650 bits per heavy atom. The highest BCUT2D eigenvalue weighted by Gasteiger charge is 2.62. The first-order valence-corrected chi connectivity index (χ1v) is 13.9. The Labute approximate surface area is 238 Å². The van der Waals surface area contributed by atoms with Crippen molar-refractivity contribution in [3.8, 4) is 0 Å². The second-order valence-electron chi connectivity index (χ2n) is 10.1. The van der Waals surface area contributed by atoms with Gasteiger partial charge in [0.15, 0.2) is 0 Å². The molecule has 0 spiro atoms. The molecular formula is C35H37BO4. The van der Waals surface area contributed by atoms with E-state index in [0.717, 1.165) is 28.7 Å². The molecule has 0 radical (unpaired) electrons. The first-order chi connectivity index (χ1) is 19.6. The van der Waals surface area contributed by atoms with E-state index in [-0.39, 0.29) is 5.82 Å². The molecular weight excluding hydrogens is 495 g/mol. The van der Waals surface area contributed by atoms with Gasteiger partial charge in [-0.25, -0.2) is 0 Å². The lowest BCUT2D eigenvalue weighted by atomic mass is 9.70. The Balaban J connectivity index is 1.82. The van der Waals surface area contributed by atoms with E-state index in [2.05, 4.69) is 62.0 Å². The predicted molar refractivity (Wildman–Crippen MR) is 161 cm³/mol. The molecule has 0 aliphatic carbocycles. The van der Waals surface area contributed by atoms with Crippen LogP contribution in [0.5, 0.6) is 0 Å². The third kappa shape index (κ3) is 4.74. The number of ether oxygens (including phenoxy) is 2. The van der Waals surface area contributed by atoms with E-state index < -0.39 is 30.5 Å². The standard InChI is InChI=1S/C35H37BO4/c1-5-31(6-2)36-39-32(34(37-3,27-19-11-7-12-20-27)28-21-13-8-14-22-28)33(40-36)35(38-4,29-23-15-9-16-24-29)30-25-17-10-18-26-30/h5,7-26,31-33H,1,6H2,2-4H3/t31-,32-,33-/m1/s1. The SMILES string of the molecule is C=C[C@H](CC)B1O[C@@H](C(OC)(c2ccccc2)c2ccccc2)[C@H](C(OC)(c2ccccc2)c2ccccc2)O1. The molecule has 4 aromatic carbocycles. The minimum absolute atomic E-state index is 0.0188. The molecule has 1 aliphatic heterocycles. The Morgan fingerprint density at radius 2 is 0.950 bits per heavy atom. The van der Waals surface area contributed by atoms with Crippen molar-refractivity contribution in [1.82, 2.24) is 0 Å². The molecule has 0 amide bonds. The van der Waals surface area contributed by atoms with Gasteiger partial charge in [0.25, 0.3) is 0 Å². The summed E-state index contributed by atoms with van der Waals surface area (Å²) in [6.07, 6.45) is 1.55. The highest BCUT2D eigenvalue weighted by molar-refractivity contribution is 6.48. The van der Waals surface area contributed by atoms with Crippen LogP contribution in [-0.4, -0.2) is 33.5 Å². The van der Waals surface area contributed by atoms with Crippen LogP contribution in [-0.2, 0) is 30.0 Å². The summed E-state index contributed by atoms with van der Waals surface area (Å²) in [7, 11) is 2.96.